The van der Waals surface area contributed by atoms with Gasteiger partial charge in [-0.2, -0.15) is 10.4 Å². The fourth-order valence-electron chi connectivity index (χ4n) is 10.8. The lowest BCUT2D eigenvalue weighted by Gasteiger charge is -2.71. The molecule has 9 unspecified atom stereocenters. The number of aromatic nitrogens is 2. The van der Waals surface area contributed by atoms with Crippen LogP contribution in [0.2, 0.25) is 0 Å². The van der Waals surface area contributed by atoms with Crippen molar-refractivity contribution in [1.29, 1.82) is 5.26 Å². The molecule has 2 amide bonds. The number of ketones is 2. The Kier molecular flexibility index (Phi) is 7.60. The van der Waals surface area contributed by atoms with E-state index < -0.39 is 50.4 Å². The van der Waals surface area contributed by atoms with Crippen molar-refractivity contribution >= 4 is 23.4 Å². The third-order valence-electron chi connectivity index (χ3n) is 14.0. The van der Waals surface area contributed by atoms with Gasteiger partial charge < -0.3 is 15.3 Å². The van der Waals surface area contributed by atoms with E-state index in [0.717, 1.165) is 24.8 Å². The number of carbonyl (C=O) groups excluding carboxylic acids is 4. The first-order valence-electron chi connectivity index (χ1n) is 17.0. The summed E-state index contributed by atoms with van der Waals surface area (Å²) in [6.45, 7) is 10.6. The van der Waals surface area contributed by atoms with E-state index in [0.29, 0.717) is 25.7 Å². The predicted octanol–water partition coefficient (Wildman–Crippen LogP) is 4.16. The zero-order chi connectivity index (χ0) is 34.4. The molecule has 10 nitrogen and oxygen atoms in total. The molecule has 3 fully saturated rings. The smallest absolute Gasteiger partial charge is 0.272 e. The van der Waals surface area contributed by atoms with Crippen molar-refractivity contribution in [2.24, 2.45) is 51.9 Å². The topological polar surface area (TPSA) is 145 Å². The average molecular weight is 644 g/mol. The van der Waals surface area contributed by atoms with Crippen LogP contribution in [0.4, 0.5) is 0 Å². The van der Waals surface area contributed by atoms with Crippen LogP contribution in [0.1, 0.15) is 90.1 Å². The fraction of sp³-hybridized carbons (Fsp3) is 0.676. The predicted molar refractivity (Wildman–Crippen MR) is 174 cm³/mol. The average Bonchev–Trinajstić information content (AvgIpc) is 3.46. The zero-order valence-corrected chi connectivity index (χ0v) is 28.9. The Morgan fingerprint density at radius 1 is 1.13 bits per heavy atom. The standard InChI is InChI=1S/C37H49N5O5/c1-32-13-14-33(2,22-41(6)29(45)21-39-31(46)26-10-17-42(7)40-26)25(20-38)30(32)37(47)28(44)19-27-34(3)11-9-24(43)18-23(34)8-12-35(27,4)36(37,5)16-15-32/h9-11,17,19,23,25,30,47H,8,12-16,18,21-22H2,1-7H3,(H,39,46). The first-order chi connectivity index (χ1) is 21.9. The molecule has 0 spiro atoms. The minimum atomic E-state index is -1.78. The Hall–Kier alpha value is -3.58. The van der Waals surface area contributed by atoms with Crippen LogP contribution >= 0.6 is 0 Å². The number of aryl methyl sites for hydroxylation is 1. The van der Waals surface area contributed by atoms with Crippen LogP contribution in [0, 0.1) is 56.2 Å². The minimum Gasteiger partial charge on any atom is -0.381 e. The molecule has 47 heavy (non-hydrogen) atoms. The molecule has 5 aliphatic rings. The van der Waals surface area contributed by atoms with Gasteiger partial charge >= 0.3 is 0 Å². The number of likely N-dealkylation sites (N-methyl/N-ethyl adjacent to an activating group) is 1. The maximum Gasteiger partial charge on any atom is 0.272 e. The number of aliphatic hydroxyl groups is 1. The summed E-state index contributed by atoms with van der Waals surface area (Å²) in [5, 5.41) is 30.8. The maximum atomic E-state index is 14.7. The lowest BCUT2D eigenvalue weighted by atomic mass is 9.32. The molecule has 1 aromatic heterocycles. The number of nitrogens with zero attached hydrogens (tertiary/aromatic N) is 4. The monoisotopic (exact) mass is 643 g/mol. The van der Waals surface area contributed by atoms with Crippen molar-refractivity contribution in [3.05, 3.63) is 41.8 Å². The molecule has 6 rings (SSSR count). The molecule has 1 heterocycles. The number of nitrogens with one attached hydrogen (secondary N) is 1. The minimum absolute atomic E-state index is 0.113. The summed E-state index contributed by atoms with van der Waals surface area (Å²) >= 11 is 0. The summed E-state index contributed by atoms with van der Waals surface area (Å²) in [5.74, 6) is -2.19. The van der Waals surface area contributed by atoms with Crippen LogP contribution in [0.25, 0.3) is 0 Å². The molecule has 0 saturated heterocycles. The Balaban J connectivity index is 1.32. The van der Waals surface area contributed by atoms with Crippen LogP contribution in [0.3, 0.4) is 0 Å². The van der Waals surface area contributed by atoms with Gasteiger partial charge in [-0.25, -0.2) is 0 Å². The lowest BCUT2D eigenvalue weighted by molar-refractivity contribution is -0.252. The van der Waals surface area contributed by atoms with Crippen LogP contribution in [-0.2, 0) is 21.4 Å². The van der Waals surface area contributed by atoms with Gasteiger partial charge in [0.05, 0.1) is 18.5 Å². The molecule has 10 heteroatoms. The first-order valence-corrected chi connectivity index (χ1v) is 17.0. The second-order valence-electron chi connectivity index (χ2n) is 16.6. The van der Waals surface area contributed by atoms with Crippen LogP contribution < -0.4 is 5.32 Å². The van der Waals surface area contributed by atoms with Gasteiger partial charge in [0.2, 0.25) is 5.91 Å². The molecular weight excluding hydrogens is 594 g/mol. The molecule has 0 radical (unpaired) electrons. The highest BCUT2D eigenvalue weighted by molar-refractivity contribution is 6.01. The highest BCUT2D eigenvalue weighted by atomic mass is 16.3. The van der Waals surface area contributed by atoms with E-state index in [1.807, 2.05) is 13.0 Å². The molecule has 252 valence electrons. The Labute approximate surface area is 277 Å². The molecule has 1 aromatic rings. The highest BCUT2D eigenvalue weighted by Crippen LogP contribution is 2.75. The van der Waals surface area contributed by atoms with E-state index in [4.69, 9.17) is 0 Å². The second-order valence-corrected chi connectivity index (χ2v) is 16.6. The number of rotatable bonds is 5. The van der Waals surface area contributed by atoms with Crippen molar-refractivity contribution in [2.45, 2.75) is 85.2 Å². The largest absolute Gasteiger partial charge is 0.381 e. The molecule has 0 bridgehead atoms. The van der Waals surface area contributed by atoms with Gasteiger partial charge in [-0.05, 0) is 79.1 Å². The third kappa shape index (κ3) is 4.55. The normalized spacial score (nSPS) is 42.2. The summed E-state index contributed by atoms with van der Waals surface area (Å²) in [6, 6.07) is 4.15. The van der Waals surface area contributed by atoms with Gasteiger partial charge in [0.15, 0.2) is 11.6 Å². The van der Waals surface area contributed by atoms with Gasteiger partial charge in [-0.3, -0.25) is 23.9 Å². The van der Waals surface area contributed by atoms with E-state index in [1.54, 1.807) is 43.4 Å². The van der Waals surface area contributed by atoms with E-state index in [2.05, 4.69) is 44.2 Å². The summed E-state index contributed by atoms with van der Waals surface area (Å²) in [6.07, 6.45) is 11.9. The van der Waals surface area contributed by atoms with Crippen LogP contribution in [0.5, 0.6) is 0 Å². The Morgan fingerprint density at radius 3 is 2.49 bits per heavy atom. The number of carbonyl (C=O) groups is 4. The van der Waals surface area contributed by atoms with Crippen molar-refractivity contribution in [3.63, 3.8) is 0 Å². The molecule has 0 aromatic carbocycles. The number of allylic oxidation sites excluding steroid dienone is 3. The summed E-state index contributed by atoms with van der Waals surface area (Å²) < 4.78 is 1.52. The van der Waals surface area contributed by atoms with Gasteiger partial charge in [0.25, 0.3) is 5.91 Å². The molecule has 9 atom stereocenters. The molecule has 5 aliphatic carbocycles. The number of hydrogen-bond acceptors (Lipinski definition) is 7. The number of hydrogen-bond donors (Lipinski definition) is 2. The second kappa shape index (κ2) is 10.7. The molecular formula is C37H49N5O5. The van der Waals surface area contributed by atoms with Crippen LogP contribution in [0.15, 0.2) is 36.1 Å². The van der Waals surface area contributed by atoms with Gasteiger partial charge in [0.1, 0.15) is 11.3 Å². The number of amides is 2. The highest BCUT2D eigenvalue weighted by Gasteiger charge is 2.76. The third-order valence-corrected chi connectivity index (χ3v) is 14.0. The van der Waals surface area contributed by atoms with Gasteiger partial charge in [0, 0.05) is 55.4 Å². The Morgan fingerprint density at radius 2 is 1.83 bits per heavy atom. The Bertz CT molecular complexity index is 1660. The van der Waals surface area contributed by atoms with Gasteiger partial charge in [-0.15, -0.1) is 0 Å². The van der Waals surface area contributed by atoms with Crippen molar-refractivity contribution in [2.75, 3.05) is 20.1 Å². The zero-order valence-electron chi connectivity index (χ0n) is 28.9. The SMILES string of the molecule is CN(CC1(C)CCC2(C)CCC3(C)C4(C)CCC5CC(=O)C=CC5(C)C4=CC(=O)C3(O)C2C1C#N)C(=O)CNC(=O)c1ccn(C)n1. The summed E-state index contributed by atoms with van der Waals surface area (Å²) in [7, 11) is 3.38. The van der Waals surface area contributed by atoms with Crippen LogP contribution in [-0.4, -0.2) is 68.9 Å². The molecule has 3 saturated carbocycles. The first kappa shape index (κ1) is 33.3. The summed E-state index contributed by atoms with van der Waals surface area (Å²) in [4.78, 5) is 54.4. The summed E-state index contributed by atoms with van der Waals surface area (Å²) in [5.41, 5.74) is -3.50. The van der Waals surface area contributed by atoms with Crippen molar-refractivity contribution < 1.29 is 24.3 Å². The molecule has 0 aliphatic heterocycles. The fourth-order valence-corrected chi connectivity index (χ4v) is 10.8. The molecule has 2 N–H and O–H groups in total. The van der Waals surface area contributed by atoms with Crippen molar-refractivity contribution in [1.82, 2.24) is 20.0 Å². The van der Waals surface area contributed by atoms with Crippen molar-refractivity contribution in [3.8, 4) is 6.07 Å². The lowest BCUT2D eigenvalue weighted by Crippen LogP contribution is -2.75. The number of fused-ring (bicyclic) bond motifs is 7. The van der Waals surface area contributed by atoms with E-state index in [9.17, 15) is 29.5 Å². The quantitative estimate of drug-likeness (QED) is 0.490. The maximum absolute atomic E-state index is 14.7. The van der Waals surface area contributed by atoms with Gasteiger partial charge in [-0.1, -0.05) is 40.7 Å². The van der Waals surface area contributed by atoms with E-state index in [1.165, 1.54) is 4.68 Å². The number of nitriles is 1. The van der Waals surface area contributed by atoms with E-state index in [-0.39, 0.29) is 42.2 Å². The van der Waals surface area contributed by atoms with E-state index >= 15 is 0 Å².